The number of hydrogen-bond donors (Lipinski definition) is 0. The van der Waals surface area contributed by atoms with Gasteiger partial charge in [0.1, 0.15) is 11.5 Å². The maximum absolute atomic E-state index is 6.38. The summed E-state index contributed by atoms with van der Waals surface area (Å²) >= 11 is 14.0. The quantitative estimate of drug-likeness (QED) is 0.302. The largest absolute Gasteiger partial charge is 0.497 e. The molecule has 32 heavy (non-hydrogen) atoms. The second-order valence-electron chi connectivity index (χ2n) is 6.98. The Hall–Kier alpha value is -2.74. The molecule has 0 radical (unpaired) electrons. The van der Waals surface area contributed by atoms with Crippen LogP contribution in [0.25, 0.3) is 11.3 Å². The molecule has 4 rings (SSSR count). The molecule has 2 aromatic carbocycles. The fourth-order valence-electron chi connectivity index (χ4n) is 3.37. The van der Waals surface area contributed by atoms with E-state index in [1.54, 1.807) is 43.9 Å². The van der Waals surface area contributed by atoms with Crippen molar-refractivity contribution in [1.29, 1.82) is 0 Å². The van der Waals surface area contributed by atoms with Gasteiger partial charge < -0.3 is 18.6 Å². The fourth-order valence-corrected chi connectivity index (χ4v) is 4.76. The maximum atomic E-state index is 6.38. The normalized spacial score (nSPS) is 11.7. The predicted octanol–water partition coefficient (Wildman–Crippen LogP) is 6.06. The van der Waals surface area contributed by atoms with Gasteiger partial charge >= 0.3 is 0 Å². The second kappa shape index (κ2) is 10.3. The van der Waals surface area contributed by atoms with Crippen molar-refractivity contribution in [2.45, 2.75) is 19.5 Å². The Bertz CT molecular complexity index is 1270. The standard InChI is InChI=1S/C23H22Cl2N4O2S/c1-30-17-5-6-18(22(13-17)31-2)21-14-32-23(27-20-7-4-16(24)12-19(20)25)29(21)10-3-9-28-11-8-26-15-28/h4-8,11-15H,3,9-10H2,1-2H3. The highest BCUT2D eigenvalue weighted by Crippen LogP contribution is 2.34. The molecule has 0 aliphatic heterocycles. The molecule has 2 heterocycles. The van der Waals surface area contributed by atoms with Gasteiger partial charge in [0.05, 0.1) is 37.0 Å². The van der Waals surface area contributed by atoms with Gasteiger partial charge in [-0.3, -0.25) is 0 Å². The van der Waals surface area contributed by atoms with Crippen LogP contribution in [0, 0.1) is 0 Å². The van der Waals surface area contributed by atoms with E-state index in [4.69, 9.17) is 37.7 Å². The molecule has 6 nitrogen and oxygen atoms in total. The lowest BCUT2D eigenvalue weighted by Gasteiger charge is -2.13. The van der Waals surface area contributed by atoms with Crippen LogP contribution in [0.15, 0.2) is 65.5 Å². The van der Waals surface area contributed by atoms with Gasteiger partial charge in [0.15, 0.2) is 4.80 Å². The van der Waals surface area contributed by atoms with Gasteiger partial charge in [0.2, 0.25) is 0 Å². The maximum Gasteiger partial charge on any atom is 0.190 e. The van der Waals surface area contributed by atoms with Crippen LogP contribution >= 0.6 is 34.5 Å². The first-order valence-electron chi connectivity index (χ1n) is 9.95. The average molecular weight is 489 g/mol. The second-order valence-corrected chi connectivity index (χ2v) is 8.66. The van der Waals surface area contributed by atoms with Crippen LogP contribution in [0.1, 0.15) is 6.42 Å². The smallest absolute Gasteiger partial charge is 0.190 e. The lowest BCUT2D eigenvalue weighted by atomic mass is 10.1. The number of nitrogens with zero attached hydrogens (tertiary/aromatic N) is 4. The predicted molar refractivity (Wildman–Crippen MR) is 129 cm³/mol. The molecule has 0 saturated heterocycles. The highest BCUT2D eigenvalue weighted by molar-refractivity contribution is 7.07. The molecule has 0 unspecified atom stereocenters. The number of ether oxygens (including phenoxy) is 2. The van der Waals surface area contributed by atoms with Crippen LogP contribution < -0.4 is 14.3 Å². The minimum absolute atomic E-state index is 0.513. The van der Waals surface area contributed by atoms with Gasteiger partial charge in [-0.1, -0.05) is 23.2 Å². The molecule has 0 aliphatic rings. The molecule has 2 aromatic heterocycles. The Morgan fingerprint density at radius 1 is 1.06 bits per heavy atom. The van der Waals surface area contributed by atoms with E-state index in [1.165, 1.54) is 0 Å². The molecule has 0 aliphatic carbocycles. The van der Waals surface area contributed by atoms with E-state index in [-0.39, 0.29) is 0 Å². The van der Waals surface area contributed by atoms with Crippen molar-refractivity contribution in [1.82, 2.24) is 14.1 Å². The van der Waals surface area contributed by atoms with Crippen molar-refractivity contribution >= 4 is 40.2 Å². The van der Waals surface area contributed by atoms with E-state index in [0.717, 1.165) is 47.1 Å². The minimum atomic E-state index is 0.513. The van der Waals surface area contributed by atoms with Gasteiger partial charge in [-0.15, -0.1) is 11.3 Å². The van der Waals surface area contributed by atoms with E-state index in [2.05, 4.69) is 19.5 Å². The van der Waals surface area contributed by atoms with Crippen LogP contribution in [0.3, 0.4) is 0 Å². The van der Waals surface area contributed by atoms with E-state index in [9.17, 15) is 0 Å². The number of thiazole rings is 1. The van der Waals surface area contributed by atoms with E-state index >= 15 is 0 Å². The van der Waals surface area contributed by atoms with Crippen LogP contribution in [0.4, 0.5) is 5.69 Å². The van der Waals surface area contributed by atoms with Gasteiger partial charge in [0, 0.05) is 47.5 Å². The summed E-state index contributed by atoms with van der Waals surface area (Å²) in [6.07, 6.45) is 6.48. The van der Waals surface area contributed by atoms with Crippen LogP contribution in [-0.4, -0.2) is 28.3 Å². The van der Waals surface area contributed by atoms with Crippen molar-refractivity contribution in [3.63, 3.8) is 0 Å². The zero-order valence-corrected chi connectivity index (χ0v) is 20.0. The summed E-state index contributed by atoms with van der Waals surface area (Å²) in [7, 11) is 3.30. The summed E-state index contributed by atoms with van der Waals surface area (Å²) in [6, 6.07) is 11.1. The van der Waals surface area contributed by atoms with Crippen molar-refractivity contribution in [3.8, 4) is 22.8 Å². The summed E-state index contributed by atoms with van der Waals surface area (Å²) in [6.45, 7) is 1.61. The van der Waals surface area contributed by atoms with Crippen molar-refractivity contribution in [2.24, 2.45) is 4.99 Å². The SMILES string of the molecule is COc1ccc(-c2csc(=Nc3ccc(Cl)cc3Cl)n2CCCn2ccnc2)c(OC)c1. The molecular weight excluding hydrogens is 467 g/mol. The van der Waals surface area contributed by atoms with Gasteiger partial charge in [-0.2, -0.15) is 0 Å². The van der Waals surface area contributed by atoms with Crippen molar-refractivity contribution in [2.75, 3.05) is 14.2 Å². The topological polar surface area (TPSA) is 53.6 Å². The van der Waals surface area contributed by atoms with Gasteiger partial charge in [-0.05, 0) is 36.8 Å². The number of aromatic nitrogens is 3. The average Bonchev–Trinajstić information content (AvgIpc) is 3.45. The Labute approximate surface area is 200 Å². The monoisotopic (exact) mass is 488 g/mol. The lowest BCUT2D eigenvalue weighted by Crippen LogP contribution is -2.17. The number of hydrogen-bond acceptors (Lipinski definition) is 5. The van der Waals surface area contributed by atoms with E-state index < -0.39 is 0 Å². The molecular formula is C23H22Cl2N4O2S. The van der Waals surface area contributed by atoms with Gasteiger partial charge in [0.25, 0.3) is 0 Å². The summed E-state index contributed by atoms with van der Waals surface area (Å²) < 4.78 is 15.3. The highest BCUT2D eigenvalue weighted by atomic mass is 35.5. The molecule has 9 heteroatoms. The van der Waals surface area contributed by atoms with Crippen LogP contribution in [0.5, 0.6) is 11.5 Å². The first-order valence-corrected chi connectivity index (χ1v) is 11.6. The van der Waals surface area contributed by atoms with Crippen LogP contribution in [0.2, 0.25) is 10.0 Å². The van der Waals surface area contributed by atoms with E-state index in [0.29, 0.717) is 15.7 Å². The zero-order chi connectivity index (χ0) is 22.5. The first kappa shape index (κ1) is 22.5. The van der Waals surface area contributed by atoms with E-state index in [1.807, 2.05) is 36.8 Å². The Kier molecular flexibility index (Phi) is 7.19. The summed E-state index contributed by atoms with van der Waals surface area (Å²) in [5, 5.41) is 3.18. The Morgan fingerprint density at radius 2 is 1.94 bits per heavy atom. The summed E-state index contributed by atoms with van der Waals surface area (Å²) in [4.78, 5) is 9.80. The molecule has 0 bridgehead atoms. The molecule has 0 amide bonds. The Balaban J connectivity index is 1.77. The number of rotatable bonds is 8. The molecule has 0 spiro atoms. The molecule has 0 fully saturated rings. The first-order chi connectivity index (χ1) is 15.6. The van der Waals surface area contributed by atoms with Crippen molar-refractivity contribution in [3.05, 3.63) is 75.3 Å². The molecule has 0 atom stereocenters. The number of benzene rings is 2. The summed E-state index contributed by atoms with van der Waals surface area (Å²) in [5.41, 5.74) is 2.66. The number of aryl methyl sites for hydroxylation is 1. The number of methoxy groups -OCH3 is 2. The Morgan fingerprint density at radius 3 is 2.66 bits per heavy atom. The minimum Gasteiger partial charge on any atom is -0.497 e. The van der Waals surface area contributed by atoms with Crippen LogP contribution in [-0.2, 0) is 13.1 Å². The molecule has 0 N–H and O–H groups in total. The third-order valence-corrected chi connectivity index (χ3v) is 6.37. The molecule has 0 saturated carbocycles. The molecule has 166 valence electrons. The number of halogens is 2. The number of imidazole rings is 1. The summed E-state index contributed by atoms with van der Waals surface area (Å²) in [5.74, 6) is 1.48. The zero-order valence-electron chi connectivity index (χ0n) is 17.7. The lowest BCUT2D eigenvalue weighted by molar-refractivity contribution is 0.395. The molecule has 4 aromatic rings. The third kappa shape index (κ3) is 5.01. The third-order valence-electron chi connectivity index (χ3n) is 4.97. The van der Waals surface area contributed by atoms with Gasteiger partial charge in [-0.25, -0.2) is 9.98 Å². The highest BCUT2D eigenvalue weighted by Gasteiger charge is 2.14. The van der Waals surface area contributed by atoms with Crippen molar-refractivity contribution < 1.29 is 9.47 Å². The fraction of sp³-hybridized carbons (Fsp3) is 0.217.